The normalized spacial score (nSPS) is 31.7. The Hall–Kier alpha value is -0.770. The Kier molecular flexibility index (Phi) is 3.73. The van der Waals surface area contributed by atoms with E-state index in [4.69, 9.17) is 10.7 Å². The van der Waals surface area contributed by atoms with Gasteiger partial charge in [-0.1, -0.05) is 19.3 Å². The zero-order valence-electron chi connectivity index (χ0n) is 11.4. The summed E-state index contributed by atoms with van der Waals surface area (Å²) in [6.07, 6.45) is 9.22. The molecular weight excluding hydrogens is 224 g/mol. The average Bonchev–Trinajstić information content (AvgIpc) is 2.87. The number of hydrogen-bond acceptors (Lipinski definition) is 2. The number of fused-ring (bicyclic) bond motifs is 1. The Balaban J connectivity index is 1.58. The van der Waals surface area contributed by atoms with Gasteiger partial charge in [-0.15, -0.1) is 0 Å². The Morgan fingerprint density at radius 2 is 1.78 bits per heavy atom. The number of nitrogens with zero attached hydrogens (tertiary/aromatic N) is 3. The molecule has 1 unspecified atom stereocenters. The molecule has 0 bridgehead atoms. The van der Waals surface area contributed by atoms with E-state index < -0.39 is 0 Å². The smallest absolute Gasteiger partial charge is 0.191 e. The van der Waals surface area contributed by atoms with Gasteiger partial charge in [-0.05, 0) is 32.2 Å². The van der Waals surface area contributed by atoms with Gasteiger partial charge in [0.05, 0.1) is 6.04 Å². The van der Waals surface area contributed by atoms with Crippen molar-refractivity contribution >= 4 is 5.96 Å². The van der Waals surface area contributed by atoms with Crippen molar-refractivity contribution in [3.63, 3.8) is 0 Å². The van der Waals surface area contributed by atoms with Crippen molar-refractivity contribution in [2.45, 2.75) is 57.0 Å². The molecule has 4 nitrogen and oxygen atoms in total. The van der Waals surface area contributed by atoms with Gasteiger partial charge in [-0.3, -0.25) is 4.90 Å². The van der Waals surface area contributed by atoms with E-state index in [2.05, 4.69) is 9.80 Å². The first kappa shape index (κ1) is 12.3. The number of rotatable bonds is 1. The van der Waals surface area contributed by atoms with Gasteiger partial charge in [0.15, 0.2) is 5.96 Å². The first-order valence-electron chi connectivity index (χ1n) is 7.65. The molecule has 2 N–H and O–H groups in total. The molecule has 1 atom stereocenters. The third-order valence-electron chi connectivity index (χ3n) is 4.80. The van der Waals surface area contributed by atoms with Gasteiger partial charge in [-0.25, -0.2) is 4.99 Å². The molecule has 0 radical (unpaired) electrons. The maximum absolute atomic E-state index is 6.22. The van der Waals surface area contributed by atoms with Crippen LogP contribution < -0.4 is 5.73 Å². The number of guanidine groups is 1. The van der Waals surface area contributed by atoms with Crippen LogP contribution in [0.1, 0.15) is 44.9 Å². The standard InChI is InChI=1S/C14H26N4/c15-14(16-12-5-2-1-3-6-12)18-10-9-17-8-4-7-13(17)11-18/h12-13H,1-11H2,(H2,15,16). The van der Waals surface area contributed by atoms with E-state index in [0.29, 0.717) is 6.04 Å². The molecule has 1 aliphatic carbocycles. The summed E-state index contributed by atoms with van der Waals surface area (Å²) in [6, 6.07) is 1.24. The summed E-state index contributed by atoms with van der Waals surface area (Å²) in [4.78, 5) is 9.71. The second-order valence-electron chi connectivity index (χ2n) is 6.06. The van der Waals surface area contributed by atoms with Crippen LogP contribution in [0.5, 0.6) is 0 Å². The van der Waals surface area contributed by atoms with Gasteiger partial charge < -0.3 is 10.6 Å². The topological polar surface area (TPSA) is 44.9 Å². The van der Waals surface area contributed by atoms with Gasteiger partial charge in [-0.2, -0.15) is 0 Å². The second kappa shape index (κ2) is 5.47. The summed E-state index contributed by atoms with van der Waals surface area (Å²) in [6.45, 7) is 4.63. The molecule has 0 amide bonds. The first-order valence-corrected chi connectivity index (χ1v) is 7.65. The molecule has 3 fully saturated rings. The van der Waals surface area contributed by atoms with Crippen molar-refractivity contribution in [1.29, 1.82) is 0 Å². The lowest BCUT2D eigenvalue weighted by atomic mass is 9.96. The molecule has 102 valence electrons. The average molecular weight is 250 g/mol. The summed E-state index contributed by atoms with van der Waals surface area (Å²) in [5, 5.41) is 0. The predicted octanol–water partition coefficient (Wildman–Crippen LogP) is 1.41. The molecule has 2 heterocycles. The Bertz CT molecular complexity index is 309. The maximum Gasteiger partial charge on any atom is 0.191 e. The number of aliphatic imine (C=N–C) groups is 1. The Morgan fingerprint density at radius 1 is 0.944 bits per heavy atom. The summed E-state index contributed by atoms with van der Waals surface area (Å²) in [7, 11) is 0. The molecule has 3 rings (SSSR count). The van der Waals surface area contributed by atoms with Gasteiger partial charge in [0.25, 0.3) is 0 Å². The van der Waals surface area contributed by atoms with Crippen molar-refractivity contribution in [3.8, 4) is 0 Å². The summed E-state index contributed by atoms with van der Waals surface area (Å²) in [5.74, 6) is 0.813. The van der Waals surface area contributed by atoms with Gasteiger partial charge in [0.2, 0.25) is 0 Å². The quantitative estimate of drug-likeness (QED) is 0.565. The van der Waals surface area contributed by atoms with Crippen LogP contribution in [0.15, 0.2) is 4.99 Å². The highest BCUT2D eigenvalue weighted by atomic mass is 15.3. The minimum absolute atomic E-state index is 0.500. The Labute approximate surface area is 110 Å². The Morgan fingerprint density at radius 3 is 2.61 bits per heavy atom. The van der Waals surface area contributed by atoms with E-state index in [-0.39, 0.29) is 0 Å². The van der Waals surface area contributed by atoms with Gasteiger partial charge in [0.1, 0.15) is 0 Å². The fourth-order valence-electron chi connectivity index (χ4n) is 3.68. The number of piperazine rings is 1. The SMILES string of the molecule is NC(=NC1CCCCC1)N1CCN2CCCC2C1. The van der Waals surface area contributed by atoms with E-state index >= 15 is 0 Å². The first-order chi connectivity index (χ1) is 8.83. The van der Waals surface area contributed by atoms with Crippen LogP contribution in [0.3, 0.4) is 0 Å². The molecule has 0 aromatic rings. The third-order valence-corrected chi connectivity index (χ3v) is 4.80. The van der Waals surface area contributed by atoms with E-state index in [1.165, 1.54) is 58.0 Å². The highest BCUT2D eigenvalue weighted by molar-refractivity contribution is 5.78. The minimum atomic E-state index is 0.500. The molecule has 0 aromatic carbocycles. The highest BCUT2D eigenvalue weighted by Gasteiger charge is 2.31. The lowest BCUT2D eigenvalue weighted by Gasteiger charge is -2.38. The zero-order chi connectivity index (χ0) is 12.4. The van der Waals surface area contributed by atoms with Gasteiger partial charge >= 0.3 is 0 Å². The predicted molar refractivity (Wildman–Crippen MR) is 74.7 cm³/mol. The molecule has 18 heavy (non-hydrogen) atoms. The molecule has 2 saturated heterocycles. The van der Waals surface area contributed by atoms with Crippen molar-refractivity contribution in [2.24, 2.45) is 10.7 Å². The van der Waals surface area contributed by atoms with E-state index in [1.807, 2.05) is 0 Å². The second-order valence-corrected chi connectivity index (χ2v) is 6.06. The summed E-state index contributed by atoms with van der Waals surface area (Å²) >= 11 is 0. The largest absolute Gasteiger partial charge is 0.370 e. The van der Waals surface area contributed by atoms with Crippen LogP contribution in [0, 0.1) is 0 Å². The minimum Gasteiger partial charge on any atom is -0.370 e. The van der Waals surface area contributed by atoms with E-state index in [0.717, 1.165) is 25.1 Å². The summed E-state index contributed by atoms with van der Waals surface area (Å²) < 4.78 is 0. The van der Waals surface area contributed by atoms with Crippen molar-refractivity contribution < 1.29 is 0 Å². The lowest BCUT2D eigenvalue weighted by molar-refractivity contribution is 0.150. The number of nitrogens with two attached hydrogens (primary N) is 1. The fourth-order valence-corrected chi connectivity index (χ4v) is 3.68. The summed E-state index contributed by atoms with van der Waals surface area (Å²) in [5.41, 5.74) is 6.22. The van der Waals surface area contributed by atoms with Crippen LogP contribution in [0.4, 0.5) is 0 Å². The van der Waals surface area contributed by atoms with Gasteiger partial charge in [0, 0.05) is 25.7 Å². The van der Waals surface area contributed by atoms with Crippen LogP contribution >= 0.6 is 0 Å². The monoisotopic (exact) mass is 250 g/mol. The third kappa shape index (κ3) is 2.63. The lowest BCUT2D eigenvalue weighted by Crippen LogP contribution is -2.54. The fraction of sp³-hybridized carbons (Fsp3) is 0.929. The van der Waals surface area contributed by atoms with E-state index in [1.54, 1.807) is 0 Å². The number of hydrogen-bond donors (Lipinski definition) is 1. The van der Waals surface area contributed by atoms with Crippen LogP contribution in [0.2, 0.25) is 0 Å². The molecule has 1 saturated carbocycles. The van der Waals surface area contributed by atoms with Crippen molar-refractivity contribution in [1.82, 2.24) is 9.80 Å². The van der Waals surface area contributed by atoms with Crippen molar-refractivity contribution in [2.75, 3.05) is 26.2 Å². The maximum atomic E-state index is 6.22. The molecule has 0 aromatic heterocycles. The van der Waals surface area contributed by atoms with Crippen LogP contribution in [0.25, 0.3) is 0 Å². The molecule has 4 heteroatoms. The molecule has 2 aliphatic heterocycles. The zero-order valence-corrected chi connectivity index (χ0v) is 11.4. The molecule has 0 spiro atoms. The molecular formula is C14H26N4. The molecule has 3 aliphatic rings. The highest BCUT2D eigenvalue weighted by Crippen LogP contribution is 2.23. The van der Waals surface area contributed by atoms with Crippen LogP contribution in [-0.2, 0) is 0 Å². The van der Waals surface area contributed by atoms with Crippen molar-refractivity contribution in [3.05, 3.63) is 0 Å². The van der Waals surface area contributed by atoms with E-state index in [9.17, 15) is 0 Å². The van der Waals surface area contributed by atoms with Crippen LogP contribution in [-0.4, -0.2) is 54.0 Å².